The molecule has 2 rings (SSSR count). The Kier molecular flexibility index (Phi) is 12.6. The first kappa shape index (κ1) is 31.3. The lowest BCUT2D eigenvalue weighted by Gasteiger charge is -2.40. The molecule has 0 aromatic heterocycles. The van der Waals surface area contributed by atoms with E-state index in [1.165, 1.54) is 0 Å². The van der Waals surface area contributed by atoms with E-state index < -0.39 is 29.7 Å². The first-order chi connectivity index (χ1) is 17.5. The van der Waals surface area contributed by atoms with E-state index in [2.05, 4.69) is 17.6 Å². The Hall–Kier alpha value is -1.87. The van der Waals surface area contributed by atoms with Gasteiger partial charge in [0.05, 0.1) is 24.7 Å². The van der Waals surface area contributed by atoms with Gasteiger partial charge in [0.25, 0.3) is 0 Å². The van der Waals surface area contributed by atoms with Gasteiger partial charge in [0.15, 0.2) is 0 Å². The van der Waals surface area contributed by atoms with E-state index in [0.717, 1.165) is 18.7 Å². The molecule has 37 heavy (non-hydrogen) atoms. The minimum absolute atomic E-state index is 0.0801. The zero-order valence-corrected chi connectivity index (χ0v) is 23.8. The van der Waals surface area contributed by atoms with Gasteiger partial charge in [-0.3, -0.25) is 4.79 Å². The van der Waals surface area contributed by atoms with Crippen molar-refractivity contribution in [2.24, 2.45) is 23.7 Å². The van der Waals surface area contributed by atoms with Gasteiger partial charge in [-0.25, -0.2) is 0 Å². The third-order valence-corrected chi connectivity index (χ3v) is 7.94. The highest BCUT2D eigenvalue weighted by Crippen LogP contribution is 2.35. The van der Waals surface area contributed by atoms with Crippen LogP contribution in [0.4, 0.5) is 5.69 Å². The van der Waals surface area contributed by atoms with Gasteiger partial charge in [0.2, 0.25) is 0 Å². The Morgan fingerprint density at radius 3 is 2.54 bits per heavy atom. The number of cyclic esters (lactones) is 1. The lowest BCUT2D eigenvalue weighted by molar-refractivity contribution is -0.172. The summed E-state index contributed by atoms with van der Waals surface area (Å²) in [6.07, 6.45) is 1.18. The highest BCUT2D eigenvalue weighted by atomic mass is 16.6. The van der Waals surface area contributed by atoms with Crippen molar-refractivity contribution in [3.8, 4) is 5.75 Å². The van der Waals surface area contributed by atoms with Crippen LogP contribution in [0.15, 0.2) is 24.3 Å². The number of methoxy groups -OCH3 is 2. The number of esters is 1. The van der Waals surface area contributed by atoms with Crippen molar-refractivity contribution in [1.29, 1.82) is 0 Å². The molecule has 0 radical (unpaired) electrons. The largest absolute Gasteiger partial charge is 0.497 e. The summed E-state index contributed by atoms with van der Waals surface area (Å²) < 4.78 is 16.7. The Balaban J connectivity index is 2.38. The summed E-state index contributed by atoms with van der Waals surface area (Å²) in [6.45, 7) is 11.4. The second-order valence-corrected chi connectivity index (χ2v) is 11.1. The van der Waals surface area contributed by atoms with Crippen molar-refractivity contribution in [2.45, 2.75) is 84.2 Å². The van der Waals surface area contributed by atoms with Crippen LogP contribution in [-0.4, -0.2) is 73.9 Å². The molecule has 1 aliphatic rings. The second kappa shape index (κ2) is 14.9. The third kappa shape index (κ3) is 9.13. The SMILES string of the molecule is CC[C@H]1OC(=O)C(C)[C@@](O)(CNc2cccc(OC)c2)[C@H](C)C[C@@H](COC)C[C@@H](C)CN[C@H](C)C[C@@H]1O. The van der Waals surface area contributed by atoms with Crippen LogP contribution >= 0.6 is 0 Å². The third-order valence-electron chi connectivity index (χ3n) is 7.94. The van der Waals surface area contributed by atoms with Crippen molar-refractivity contribution >= 4 is 11.7 Å². The van der Waals surface area contributed by atoms with Crippen LogP contribution < -0.4 is 15.4 Å². The topological polar surface area (TPSA) is 109 Å². The van der Waals surface area contributed by atoms with E-state index in [0.29, 0.717) is 37.5 Å². The molecular weight excluding hydrogens is 472 g/mol. The van der Waals surface area contributed by atoms with Gasteiger partial charge >= 0.3 is 5.97 Å². The molecule has 0 saturated carbocycles. The predicted octanol–water partition coefficient (Wildman–Crippen LogP) is 3.85. The average Bonchev–Trinajstić information content (AvgIpc) is 2.88. The van der Waals surface area contributed by atoms with Crippen LogP contribution in [0, 0.1) is 23.7 Å². The molecule has 1 aliphatic heterocycles. The number of aliphatic hydroxyl groups excluding tert-OH is 1. The number of carbonyl (C=O) groups excluding carboxylic acids is 1. The van der Waals surface area contributed by atoms with Crippen LogP contribution in [0.5, 0.6) is 5.75 Å². The summed E-state index contributed by atoms with van der Waals surface area (Å²) in [5, 5.41) is 29.8. The zero-order valence-electron chi connectivity index (χ0n) is 23.8. The van der Waals surface area contributed by atoms with Gasteiger partial charge in [-0.15, -0.1) is 0 Å². The van der Waals surface area contributed by atoms with E-state index in [1.807, 2.05) is 45.0 Å². The molecule has 212 valence electrons. The van der Waals surface area contributed by atoms with E-state index in [-0.39, 0.29) is 24.4 Å². The summed E-state index contributed by atoms with van der Waals surface area (Å²) >= 11 is 0. The number of ether oxygens (including phenoxy) is 3. The molecule has 8 atom stereocenters. The first-order valence-corrected chi connectivity index (χ1v) is 13.7. The smallest absolute Gasteiger partial charge is 0.312 e. The summed E-state index contributed by atoms with van der Waals surface area (Å²) in [5.41, 5.74) is -0.606. The quantitative estimate of drug-likeness (QED) is 0.400. The Morgan fingerprint density at radius 1 is 1.16 bits per heavy atom. The minimum Gasteiger partial charge on any atom is -0.497 e. The zero-order chi connectivity index (χ0) is 27.6. The van der Waals surface area contributed by atoms with Crippen molar-refractivity contribution in [3.05, 3.63) is 24.3 Å². The molecule has 1 saturated heterocycles. The molecule has 1 unspecified atom stereocenters. The monoisotopic (exact) mass is 522 g/mol. The van der Waals surface area contributed by atoms with Crippen molar-refractivity contribution < 1.29 is 29.2 Å². The highest BCUT2D eigenvalue weighted by Gasteiger charge is 2.45. The van der Waals surface area contributed by atoms with Crippen LogP contribution in [0.2, 0.25) is 0 Å². The fourth-order valence-electron chi connectivity index (χ4n) is 5.44. The highest BCUT2D eigenvalue weighted by molar-refractivity contribution is 5.74. The molecule has 1 aromatic rings. The van der Waals surface area contributed by atoms with Crippen molar-refractivity contribution in [2.75, 3.05) is 39.2 Å². The Labute approximate surface area is 223 Å². The summed E-state index contributed by atoms with van der Waals surface area (Å²) in [5.74, 6) is -0.239. The molecule has 0 amide bonds. The molecule has 8 heteroatoms. The van der Waals surface area contributed by atoms with Gasteiger partial charge in [0.1, 0.15) is 11.9 Å². The van der Waals surface area contributed by atoms with Gasteiger partial charge < -0.3 is 35.1 Å². The van der Waals surface area contributed by atoms with Gasteiger partial charge in [-0.2, -0.15) is 0 Å². The predicted molar refractivity (Wildman–Crippen MR) is 147 cm³/mol. The number of benzene rings is 1. The molecule has 0 bridgehead atoms. The lowest BCUT2D eigenvalue weighted by Crippen LogP contribution is -2.53. The molecule has 8 nitrogen and oxygen atoms in total. The van der Waals surface area contributed by atoms with E-state index in [4.69, 9.17) is 14.2 Å². The molecule has 0 spiro atoms. The second-order valence-electron chi connectivity index (χ2n) is 11.1. The number of carbonyl (C=O) groups is 1. The maximum absolute atomic E-state index is 13.4. The normalized spacial score (nSPS) is 34.6. The van der Waals surface area contributed by atoms with E-state index in [9.17, 15) is 15.0 Å². The molecular formula is C29H50N2O6. The number of hydrogen-bond donors (Lipinski definition) is 4. The van der Waals surface area contributed by atoms with Crippen molar-refractivity contribution in [1.82, 2.24) is 5.32 Å². The summed E-state index contributed by atoms with van der Waals surface area (Å²) in [7, 11) is 3.31. The fraction of sp³-hybridized carbons (Fsp3) is 0.759. The standard InChI is InChI=1S/C29H50N2O6/c1-8-27-26(32)14-21(4)30-16-19(2)12-23(17-35-6)13-20(3)29(34,22(5)28(33)37-27)18-31-24-10-9-11-25(15-24)36-7/h9-11,15,19-23,26-27,30-32,34H,8,12-14,16-18H2,1-7H3/t19-,20-,21-,22?,23+,26+,27-,29-/m1/s1. The van der Waals surface area contributed by atoms with Gasteiger partial charge in [-0.05, 0) is 76.0 Å². The van der Waals surface area contributed by atoms with Crippen LogP contribution in [0.25, 0.3) is 0 Å². The minimum atomic E-state index is -1.40. The van der Waals surface area contributed by atoms with E-state index >= 15 is 0 Å². The number of nitrogens with one attached hydrogen (secondary N) is 2. The molecule has 4 N–H and O–H groups in total. The number of rotatable bonds is 7. The lowest BCUT2D eigenvalue weighted by atomic mass is 9.73. The Morgan fingerprint density at radius 2 is 1.89 bits per heavy atom. The van der Waals surface area contributed by atoms with Gasteiger partial charge in [-0.1, -0.05) is 26.8 Å². The maximum atomic E-state index is 13.4. The fourth-order valence-corrected chi connectivity index (χ4v) is 5.44. The number of hydrogen-bond acceptors (Lipinski definition) is 8. The van der Waals surface area contributed by atoms with E-state index in [1.54, 1.807) is 21.1 Å². The summed E-state index contributed by atoms with van der Waals surface area (Å²) in [6, 6.07) is 7.57. The Bertz CT molecular complexity index is 823. The molecule has 1 heterocycles. The maximum Gasteiger partial charge on any atom is 0.312 e. The molecule has 1 aromatic carbocycles. The first-order valence-electron chi connectivity index (χ1n) is 13.7. The van der Waals surface area contributed by atoms with Crippen molar-refractivity contribution in [3.63, 3.8) is 0 Å². The summed E-state index contributed by atoms with van der Waals surface area (Å²) in [4.78, 5) is 13.4. The average molecular weight is 523 g/mol. The molecule has 1 fully saturated rings. The number of anilines is 1. The van der Waals surface area contributed by atoms with Crippen LogP contribution in [0.1, 0.15) is 60.3 Å². The van der Waals surface area contributed by atoms with Gasteiger partial charge in [0, 0.05) is 38.1 Å². The number of aliphatic hydroxyl groups is 2. The molecule has 0 aliphatic carbocycles. The van der Waals surface area contributed by atoms with Crippen LogP contribution in [-0.2, 0) is 14.3 Å². The van der Waals surface area contributed by atoms with Crippen LogP contribution in [0.3, 0.4) is 0 Å².